The number of halogens is 1. The maximum Gasteiger partial charge on any atom is 0.181 e. The van der Waals surface area contributed by atoms with Crippen LogP contribution in [-0.2, 0) is 11.2 Å². The zero-order chi connectivity index (χ0) is 10.1. The summed E-state index contributed by atoms with van der Waals surface area (Å²) in [6, 6.07) is 3.46. The Balaban J connectivity index is 2.53. The summed E-state index contributed by atoms with van der Waals surface area (Å²) in [5.74, 6) is 0.0748. The molecule has 3 nitrogen and oxygen atoms in total. The van der Waals surface area contributed by atoms with Crippen LogP contribution in [0.15, 0.2) is 22.9 Å². The molecule has 0 saturated carbocycles. The van der Waals surface area contributed by atoms with E-state index in [4.69, 9.17) is 16.0 Å². The lowest BCUT2D eigenvalue weighted by Crippen LogP contribution is -1.96. The summed E-state index contributed by atoms with van der Waals surface area (Å²) in [5, 5.41) is 0.557. The maximum atomic E-state index is 10.9. The van der Waals surface area contributed by atoms with E-state index < -0.39 is 0 Å². The minimum absolute atomic E-state index is 0.0748. The van der Waals surface area contributed by atoms with Crippen LogP contribution in [0.4, 0.5) is 0 Å². The van der Waals surface area contributed by atoms with E-state index in [1.165, 1.54) is 13.3 Å². The highest BCUT2D eigenvalue weighted by atomic mass is 35.5. The highest BCUT2D eigenvalue weighted by molar-refractivity contribution is 6.32. The summed E-state index contributed by atoms with van der Waals surface area (Å²) in [4.78, 5) is 14.9. The first-order valence-corrected chi connectivity index (χ1v) is 4.55. The third-order valence-corrected chi connectivity index (χ3v) is 2.29. The molecular formula is C10H8ClNO2. The molecule has 0 aliphatic heterocycles. The Morgan fingerprint density at radius 3 is 3.07 bits per heavy atom. The molecule has 14 heavy (non-hydrogen) atoms. The van der Waals surface area contributed by atoms with E-state index in [1.807, 2.05) is 0 Å². The Morgan fingerprint density at radius 1 is 1.57 bits per heavy atom. The molecule has 0 bridgehead atoms. The minimum atomic E-state index is 0.0748. The van der Waals surface area contributed by atoms with Gasteiger partial charge in [-0.3, -0.25) is 4.79 Å². The number of carbonyl (C=O) groups excluding carboxylic acids is 1. The largest absolute Gasteiger partial charge is 0.443 e. The average molecular weight is 210 g/mol. The van der Waals surface area contributed by atoms with E-state index in [9.17, 15) is 4.79 Å². The second-order valence-electron chi connectivity index (χ2n) is 3.14. The highest BCUT2D eigenvalue weighted by Crippen LogP contribution is 2.23. The van der Waals surface area contributed by atoms with Gasteiger partial charge in [-0.25, -0.2) is 4.98 Å². The predicted molar refractivity (Wildman–Crippen MR) is 53.4 cm³/mol. The quantitative estimate of drug-likeness (QED) is 0.764. The monoisotopic (exact) mass is 209 g/mol. The Bertz CT molecular complexity index is 490. The van der Waals surface area contributed by atoms with Gasteiger partial charge in [0.05, 0.1) is 0 Å². The predicted octanol–water partition coefficient (Wildman–Crippen LogP) is 2.61. The summed E-state index contributed by atoms with van der Waals surface area (Å²) < 4.78 is 5.11. The second-order valence-corrected chi connectivity index (χ2v) is 3.55. The summed E-state index contributed by atoms with van der Waals surface area (Å²) in [5.41, 5.74) is 2.15. The molecule has 1 aromatic carbocycles. The van der Waals surface area contributed by atoms with Crippen LogP contribution in [0.3, 0.4) is 0 Å². The number of rotatable bonds is 2. The fraction of sp³-hybridized carbons (Fsp3) is 0.200. The molecule has 2 aromatic rings. The first-order valence-electron chi connectivity index (χ1n) is 4.18. The fourth-order valence-corrected chi connectivity index (χ4v) is 1.55. The lowest BCUT2D eigenvalue weighted by atomic mass is 10.1. The van der Waals surface area contributed by atoms with Crippen LogP contribution in [0.5, 0.6) is 0 Å². The van der Waals surface area contributed by atoms with E-state index in [0.29, 0.717) is 22.5 Å². The molecule has 72 valence electrons. The van der Waals surface area contributed by atoms with Crippen molar-refractivity contribution in [3.05, 3.63) is 29.1 Å². The van der Waals surface area contributed by atoms with Crippen molar-refractivity contribution in [3.8, 4) is 0 Å². The highest BCUT2D eigenvalue weighted by Gasteiger charge is 2.07. The van der Waals surface area contributed by atoms with Crippen LogP contribution < -0.4 is 0 Å². The molecule has 0 N–H and O–H groups in total. The van der Waals surface area contributed by atoms with Crippen molar-refractivity contribution in [3.63, 3.8) is 0 Å². The number of carbonyl (C=O) groups is 1. The summed E-state index contributed by atoms with van der Waals surface area (Å²) in [7, 11) is 0. The normalized spacial score (nSPS) is 10.7. The van der Waals surface area contributed by atoms with Crippen LogP contribution in [0.1, 0.15) is 12.5 Å². The van der Waals surface area contributed by atoms with E-state index in [1.54, 1.807) is 12.1 Å². The van der Waals surface area contributed by atoms with Crippen LogP contribution in [0, 0.1) is 0 Å². The van der Waals surface area contributed by atoms with Gasteiger partial charge < -0.3 is 4.42 Å². The van der Waals surface area contributed by atoms with E-state index in [2.05, 4.69) is 4.98 Å². The van der Waals surface area contributed by atoms with Gasteiger partial charge in [0.2, 0.25) is 0 Å². The van der Waals surface area contributed by atoms with Gasteiger partial charge in [-0.1, -0.05) is 11.6 Å². The van der Waals surface area contributed by atoms with E-state index in [0.717, 1.165) is 5.56 Å². The molecule has 0 spiro atoms. The fourth-order valence-electron chi connectivity index (χ4n) is 1.32. The summed E-state index contributed by atoms with van der Waals surface area (Å²) in [6.07, 6.45) is 1.69. The van der Waals surface area contributed by atoms with Gasteiger partial charge in [-0.2, -0.15) is 0 Å². The lowest BCUT2D eigenvalue weighted by molar-refractivity contribution is -0.116. The SMILES string of the molecule is CC(=O)Cc1cc2ocnc2cc1Cl. The van der Waals surface area contributed by atoms with Gasteiger partial charge >= 0.3 is 0 Å². The Hall–Kier alpha value is -1.35. The van der Waals surface area contributed by atoms with Crippen molar-refractivity contribution in [2.24, 2.45) is 0 Å². The topological polar surface area (TPSA) is 43.1 Å². The molecule has 4 heteroatoms. The van der Waals surface area contributed by atoms with Crippen molar-refractivity contribution in [1.29, 1.82) is 0 Å². The summed E-state index contributed by atoms with van der Waals surface area (Å²) in [6.45, 7) is 1.53. The van der Waals surface area contributed by atoms with Gasteiger partial charge in [0.1, 0.15) is 11.3 Å². The first-order chi connectivity index (χ1) is 6.66. The van der Waals surface area contributed by atoms with Crippen molar-refractivity contribution >= 4 is 28.5 Å². The third-order valence-electron chi connectivity index (χ3n) is 1.94. The third kappa shape index (κ3) is 1.63. The van der Waals surface area contributed by atoms with Crippen molar-refractivity contribution in [2.45, 2.75) is 13.3 Å². The number of hydrogen-bond donors (Lipinski definition) is 0. The van der Waals surface area contributed by atoms with Crippen molar-refractivity contribution in [2.75, 3.05) is 0 Å². The first kappa shape index (κ1) is 9.21. The number of fused-ring (bicyclic) bond motifs is 1. The number of aromatic nitrogens is 1. The van der Waals surface area contributed by atoms with Gasteiger partial charge in [0.15, 0.2) is 12.0 Å². The molecule has 2 rings (SSSR count). The molecular weight excluding hydrogens is 202 g/mol. The average Bonchev–Trinajstić information content (AvgIpc) is 2.51. The zero-order valence-electron chi connectivity index (χ0n) is 7.58. The number of ketones is 1. The maximum absolute atomic E-state index is 10.9. The zero-order valence-corrected chi connectivity index (χ0v) is 8.34. The van der Waals surface area contributed by atoms with Crippen LogP contribution in [-0.4, -0.2) is 10.8 Å². The van der Waals surface area contributed by atoms with Gasteiger partial charge in [0.25, 0.3) is 0 Å². The number of oxazole rings is 1. The van der Waals surface area contributed by atoms with E-state index >= 15 is 0 Å². The van der Waals surface area contributed by atoms with Crippen LogP contribution in [0.25, 0.3) is 11.1 Å². The van der Waals surface area contributed by atoms with Gasteiger partial charge in [0, 0.05) is 11.4 Å². The number of hydrogen-bond acceptors (Lipinski definition) is 3. The number of benzene rings is 1. The van der Waals surface area contributed by atoms with Gasteiger partial charge in [-0.15, -0.1) is 0 Å². The van der Waals surface area contributed by atoms with E-state index in [-0.39, 0.29) is 5.78 Å². The molecule has 0 aliphatic rings. The molecule has 1 heterocycles. The molecule has 0 aliphatic carbocycles. The Kier molecular flexibility index (Phi) is 2.25. The second kappa shape index (κ2) is 3.42. The molecule has 1 aromatic heterocycles. The molecule has 0 atom stereocenters. The smallest absolute Gasteiger partial charge is 0.181 e. The molecule has 0 radical (unpaired) electrons. The number of nitrogens with zero attached hydrogens (tertiary/aromatic N) is 1. The van der Waals surface area contributed by atoms with Gasteiger partial charge in [-0.05, 0) is 24.6 Å². The van der Waals surface area contributed by atoms with Crippen molar-refractivity contribution < 1.29 is 9.21 Å². The lowest BCUT2D eigenvalue weighted by Gasteiger charge is -2.00. The van der Waals surface area contributed by atoms with Crippen LogP contribution in [0.2, 0.25) is 5.02 Å². The number of Topliss-reactive ketones (excluding diaryl/α,β-unsaturated/α-hetero) is 1. The standard InChI is InChI=1S/C10H8ClNO2/c1-6(13)2-7-3-10-9(4-8(7)11)12-5-14-10/h3-5H,2H2,1H3. The molecule has 0 saturated heterocycles. The Morgan fingerprint density at radius 2 is 2.36 bits per heavy atom. The summed E-state index contributed by atoms with van der Waals surface area (Å²) >= 11 is 5.97. The molecule has 0 amide bonds. The molecule has 0 fully saturated rings. The van der Waals surface area contributed by atoms with Crippen molar-refractivity contribution in [1.82, 2.24) is 4.98 Å². The Labute approximate surface area is 85.7 Å². The molecule has 0 unspecified atom stereocenters. The van der Waals surface area contributed by atoms with Crippen LogP contribution >= 0.6 is 11.6 Å². The minimum Gasteiger partial charge on any atom is -0.443 e.